The number of hydrogen-bond donors (Lipinski definition) is 4. The summed E-state index contributed by atoms with van der Waals surface area (Å²) < 4.78 is 4.82. The lowest BCUT2D eigenvalue weighted by Gasteiger charge is -2.30. The third-order valence-electron chi connectivity index (χ3n) is 4.10. The van der Waals surface area contributed by atoms with Crippen molar-refractivity contribution in [3.05, 3.63) is 40.7 Å². The van der Waals surface area contributed by atoms with Crippen LogP contribution in [0.15, 0.2) is 12.5 Å². The second-order valence-corrected chi connectivity index (χ2v) is 5.44. The number of aryl methyl sites for hydroxylation is 1. The van der Waals surface area contributed by atoms with Gasteiger partial charge in [-0.15, -0.1) is 0 Å². The molecule has 0 saturated carbocycles. The van der Waals surface area contributed by atoms with Gasteiger partial charge >= 0.3 is 5.97 Å². The summed E-state index contributed by atoms with van der Waals surface area (Å²) in [4.78, 5) is 23.3. The molecule has 2 aromatic rings. The fourth-order valence-corrected chi connectivity index (χ4v) is 2.90. The van der Waals surface area contributed by atoms with E-state index in [0.29, 0.717) is 28.9 Å². The van der Waals surface area contributed by atoms with E-state index in [1.165, 1.54) is 13.3 Å². The summed E-state index contributed by atoms with van der Waals surface area (Å²) >= 11 is 0. The van der Waals surface area contributed by atoms with Gasteiger partial charge in [0.05, 0.1) is 37.5 Å². The lowest BCUT2D eigenvalue weighted by atomic mass is 9.91. The number of imidazole rings is 1. The molecule has 2 atom stereocenters. The highest BCUT2D eigenvalue weighted by molar-refractivity contribution is 5.76. The quantitative estimate of drug-likeness (QED) is 0.592. The van der Waals surface area contributed by atoms with E-state index in [2.05, 4.69) is 20.3 Å². The average Bonchev–Trinajstić information content (AvgIpc) is 3.04. The van der Waals surface area contributed by atoms with Crippen LogP contribution < -0.4 is 5.32 Å². The predicted molar refractivity (Wildman–Crippen MR) is 79.6 cm³/mol. The maximum absolute atomic E-state index is 11.9. The third kappa shape index (κ3) is 2.55. The Kier molecular flexibility index (Phi) is 4.01. The van der Waals surface area contributed by atoms with Crippen molar-refractivity contribution in [3.8, 4) is 5.75 Å². The van der Waals surface area contributed by atoms with E-state index in [0.717, 1.165) is 5.69 Å². The molecule has 8 nitrogen and oxygen atoms in total. The molecule has 0 amide bonds. The summed E-state index contributed by atoms with van der Waals surface area (Å²) in [5, 5.41) is 23.2. The number of aliphatic hydroxyl groups excluding tert-OH is 1. The van der Waals surface area contributed by atoms with Crippen LogP contribution in [-0.4, -0.2) is 44.3 Å². The first kappa shape index (κ1) is 15.4. The van der Waals surface area contributed by atoms with E-state index in [1.54, 1.807) is 13.3 Å². The Morgan fingerprint density at radius 2 is 2.26 bits per heavy atom. The molecule has 0 aliphatic carbocycles. The largest absolute Gasteiger partial charge is 0.506 e. The van der Waals surface area contributed by atoms with Crippen LogP contribution in [0.3, 0.4) is 0 Å². The molecule has 122 valence electrons. The van der Waals surface area contributed by atoms with Gasteiger partial charge in [-0.2, -0.15) is 0 Å². The number of rotatable bonds is 3. The molecule has 0 unspecified atom stereocenters. The molecule has 0 saturated heterocycles. The highest BCUT2D eigenvalue weighted by Crippen LogP contribution is 2.36. The number of methoxy groups -OCH3 is 1. The SMILES string of the molecule is COC(=O)[C@H]1Cc2[nH]cnc2[C@@H](c2c(CO)cnc(C)c2O)N1. The lowest BCUT2D eigenvalue weighted by molar-refractivity contribution is -0.143. The Balaban J connectivity index is 2.12. The Morgan fingerprint density at radius 1 is 1.48 bits per heavy atom. The van der Waals surface area contributed by atoms with Gasteiger partial charge in [0.1, 0.15) is 11.8 Å². The van der Waals surface area contributed by atoms with Crippen molar-refractivity contribution in [2.24, 2.45) is 0 Å². The number of nitrogens with zero attached hydrogens (tertiary/aromatic N) is 2. The fraction of sp³-hybridized carbons (Fsp3) is 0.400. The summed E-state index contributed by atoms with van der Waals surface area (Å²) in [5.41, 5.74) is 2.87. The lowest BCUT2D eigenvalue weighted by Crippen LogP contribution is -2.46. The van der Waals surface area contributed by atoms with Gasteiger partial charge in [0.25, 0.3) is 0 Å². The van der Waals surface area contributed by atoms with Gasteiger partial charge in [0.2, 0.25) is 0 Å². The second kappa shape index (κ2) is 5.98. The van der Waals surface area contributed by atoms with Crippen molar-refractivity contribution >= 4 is 5.97 Å². The molecule has 0 spiro atoms. The van der Waals surface area contributed by atoms with Gasteiger partial charge in [0.15, 0.2) is 0 Å². The Hall–Kier alpha value is -2.45. The van der Waals surface area contributed by atoms with Crippen LogP contribution in [0, 0.1) is 6.92 Å². The highest BCUT2D eigenvalue weighted by Gasteiger charge is 2.36. The van der Waals surface area contributed by atoms with Crippen molar-refractivity contribution in [3.63, 3.8) is 0 Å². The molecule has 23 heavy (non-hydrogen) atoms. The smallest absolute Gasteiger partial charge is 0.323 e. The molecule has 2 aromatic heterocycles. The molecule has 4 N–H and O–H groups in total. The zero-order valence-electron chi connectivity index (χ0n) is 12.8. The van der Waals surface area contributed by atoms with Gasteiger partial charge in [-0.25, -0.2) is 4.98 Å². The Morgan fingerprint density at radius 3 is 2.96 bits per heavy atom. The van der Waals surface area contributed by atoms with Crippen LogP contribution in [0.5, 0.6) is 5.75 Å². The number of hydrogen-bond acceptors (Lipinski definition) is 7. The monoisotopic (exact) mass is 318 g/mol. The summed E-state index contributed by atoms with van der Waals surface area (Å²) in [6.45, 7) is 1.39. The highest BCUT2D eigenvalue weighted by atomic mass is 16.5. The van der Waals surface area contributed by atoms with Crippen molar-refractivity contribution in [1.29, 1.82) is 0 Å². The normalized spacial score (nSPS) is 20.1. The minimum atomic E-state index is -0.572. The molecule has 0 bridgehead atoms. The first-order valence-corrected chi connectivity index (χ1v) is 7.21. The van der Waals surface area contributed by atoms with E-state index < -0.39 is 18.1 Å². The number of aromatic amines is 1. The molecule has 1 aliphatic rings. The third-order valence-corrected chi connectivity index (χ3v) is 4.10. The molecular formula is C15H18N4O4. The minimum absolute atomic E-state index is 0.0199. The summed E-state index contributed by atoms with van der Waals surface area (Å²) in [6.07, 6.45) is 3.47. The van der Waals surface area contributed by atoms with E-state index in [-0.39, 0.29) is 12.4 Å². The van der Waals surface area contributed by atoms with Crippen LogP contribution in [0.2, 0.25) is 0 Å². The van der Waals surface area contributed by atoms with Crippen molar-refractivity contribution in [1.82, 2.24) is 20.3 Å². The van der Waals surface area contributed by atoms with Gasteiger partial charge in [0, 0.05) is 29.4 Å². The number of ether oxygens (including phenoxy) is 1. The zero-order valence-corrected chi connectivity index (χ0v) is 12.8. The number of H-pyrrole nitrogens is 1. The molecule has 0 radical (unpaired) electrons. The standard InChI is InChI=1S/C15H18N4O4/c1-7-14(21)11(8(5-20)4-16-7)13-12-9(17-6-18-12)3-10(19-13)15(22)23-2/h4,6,10,13,19-21H,3,5H2,1-2H3,(H,17,18)/t10-,13-/m1/s1. The maximum Gasteiger partial charge on any atom is 0.323 e. The van der Waals surface area contributed by atoms with E-state index in [4.69, 9.17) is 4.74 Å². The van der Waals surface area contributed by atoms with Crippen molar-refractivity contribution < 1.29 is 19.7 Å². The first-order chi connectivity index (χ1) is 11.1. The van der Waals surface area contributed by atoms with Crippen LogP contribution in [-0.2, 0) is 22.6 Å². The van der Waals surface area contributed by atoms with E-state index >= 15 is 0 Å². The second-order valence-electron chi connectivity index (χ2n) is 5.44. The van der Waals surface area contributed by atoms with Crippen molar-refractivity contribution in [2.45, 2.75) is 32.0 Å². The summed E-state index contributed by atoms with van der Waals surface area (Å²) in [5.74, 6) is -0.417. The number of carbonyl (C=O) groups excluding carboxylic acids is 1. The number of pyridine rings is 1. The zero-order chi connectivity index (χ0) is 16.6. The van der Waals surface area contributed by atoms with Crippen LogP contribution in [0.4, 0.5) is 0 Å². The van der Waals surface area contributed by atoms with Gasteiger partial charge in [-0.3, -0.25) is 15.1 Å². The Labute approximate surface area is 132 Å². The van der Waals surface area contributed by atoms with Gasteiger partial charge < -0.3 is 19.9 Å². The van der Waals surface area contributed by atoms with Gasteiger partial charge in [-0.1, -0.05) is 0 Å². The minimum Gasteiger partial charge on any atom is -0.506 e. The molecule has 8 heteroatoms. The number of nitrogens with one attached hydrogen (secondary N) is 2. The average molecular weight is 318 g/mol. The topological polar surface area (TPSA) is 120 Å². The fourth-order valence-electron chi connectivity index (χ4n) is 2.90. The number of aliphatic hydroxyl groups is 1. The molecular weight excluding hydrogens is 300 g/mol. The molecule has 0 aromatic carbocycles. The number of aromatic nitrogens is 3. The van der Waals surface area contributed by atoms with Crippen molar-refractivity contribution in [2.75, 3.05) is 7.11 Å². The molecule has 0 fully saturated rings. The van der Waals surface area contributed by atoms with E-state index in [9.17, 15) is 15.0 Å². The number of esters is 1. The summed E-state index contributed by atoms with van der Waals surface area (Å²) in [6, 6.07) is -1.12. The summed E-state index contributed by atoms with van der Waals surface area (Å²) in [7, 11) is 1.33. The molecule has 3 rings (SSSR count). The van der Waals surface area contributed by atoms with Crippen LogP contribution in [0.25, 0.3) is 0 Å². The predicted octanol–water partition coefficient (Wildman–Crippen LogP) is 0.0877. The number of fused-ring (bicyclic) bond motifs is 1. The van der Waals surface area contributed by atoms with E-state index in [1.807, 2.05) is 0 Å². The van der Waals surface area contributed by atoms with Crippen LogP contribution >= 0.6 is 0 Å². The van der Waals surface area contributed by atoms with Crippen LogP contribution in [0.1, 0.15) is 34.3 Å². The molecule has 1 aliphatic heterocycles. The number of carbonyl (C=O) groups is 1. The first-order valence-electron chi connectivity index (χ1n) is 7.21. The maximum atomic E-state index is 11.9. The number of aromatic hydroxyl groups is 1. The molecule has 3 heterocycles. The Bertz CT molecular complexity index is 743. The van der Waals surface area contributed by atoms with Gasteiger partial charge in [-0.05, 0) is 6.92 Å².